The number of aryl methyl sites for hydroxylation is 2. The standard InChI is InChI=1S/C21H21Cl2N5S2/c1-5-27-10-15(9-24-27)16-11-28(26-13(16)4)21-25-19(20(30-21)29-12(2)3)14-6-7-17(22)18(23)8-14/h6-12H,5H2,1-4H3. The Bertz CT molecular complexity index is 1190. The maximum atomic E-state index is 6.26. The molecule has 3 aromatic heterocycles. The van der Waals surface area contributed by atoms with Gasteiger partial charge in [-0.15, -0.1) is 11.8 Å². The number of thioether (sulfide) groups is 1. The molecule has 9 heteroatoms. The van der Waals surface area contributed by atoms with E-state index in [0.717, 1.165) is 44.0 Å². The summed E-state index contributed by atoms with van der Waals surface area (Å²) in [7, 11) is 0. The third kappa shape index (κ3) is 4.30. The Morgan fingerprint density at radius 2 is 1.93 bits per heavy atom. The van der Waals surface area contributed by atoms with Gasteiger partial charge < -0.3 is 0 Å². The van der Waals surface area contributed by atoms with Crippen molar-refractivity contribution in [2.24, 2.45) is 0 Å². The molecule has 0 atom stereocenters. The van der Waals surface area contributed by atoms with Crippen LogP contribution in [0.5, 0.6) is 0 Å². The molecule has 0 unspecified atom stereocenters. The zero-order chi connectivity index (χ0) is 21.4. The summed E-state index contributed by atoms with van der Waals surface area (Å²) in [6, 6.07) is 5.63. The summed E-state index contributed by atoms with van der Waals surface area (Å²) in [5, 5.41) is 11.4. The molecule has 0 aliphatic heterocycles. The van der Waals surface area contributed by atoms with E-state index in [1.165, 1.54) is 0 Å². The van der Waals surface area contributed by atoms with Crippen LogP contribution in [0.25, 0.3) is 27.5 Å². The third-order valence-corrected chi connectivity index (χ3v) is 7.48. The highest BCUT2D eigenvalue weighted by molar-refractivity contribution is 8.01. The van der Waals surface area contributed by atoms with Crippen LogP contribution in [-0.4, -0.2) is 29.8 Å². The van der Waals surface area contributed by atoms with Crippen molar-refractivity contribution in [3.05, 3.63) is 52.5 Å². The SMILES string of the molecule is CCn1cc(-c2cn(-c3nc(-c4ccc(Cl)c(Cl)c4)c(SC(C)C)s3)nc2C)cn1. The summed E-state index contributed by atoms with van der Waals surface area (Å²) in [4.78, 5) is 4.92. The molecule has 156 valence electrons. The normalized spacial score (nSPS) is 11.6. The van der Waals surface area contributed by atoms with Gasteiger partial charge in [-0.25, -0.2) is 9.67 Å². The number of thiazole rings is 1. The minimum Gasteiger partial charge on any atom is -0.272 e. The highest BCUT2D eigenvalue weighted by atomic mass is 35.5. The van der Waals surface area contributed by atoms with Crippen LogP contribution in [0.2, 0.25) is 10.0 Å². The number of benzene rings is 1. The molecule has 0 spiro atoms. The lowest BCUT2D eigenvalue weighted by molar-refractivity contribution is 0.660. The Morgan fingerprint density at radius 1 is 1.13 bits per heavy atom. The molecule has 0 N–H and O–H groups in total. The molecular weight excluding hydrogens is 457 g/mol. The first kappa shape index (κ1) is 21.4. The smallest absolute Gasteiger partial charge is 0.211 e. The fourth-order valence-electron chi connectivity index (χ4n) is 3.03. The summed E-state index contributed by atoms with van der Waals surface area (Å²) in [6.07, 6.45) is 5.94. The molecule has 0 saturated heterocycles. The predicted octanol–water partition coefficient (Wildman–Crippen LogP) is 6.99. The van der Waals surface area contributed by atoms with Crippen molar-refractivity contribution in [2.75, 3.05) is 0 Å². The van der Waals surface area contributed by atoms with Crippen molar-refractivity contribution >= 4 is 46.3 Å². The highest BCUT2D eigenvalue weighted by Gasteiger charge is 2.19. The molecule has 0 saturated carbocycles. The first-order chi connectivity index (χ1) is 14.4. The van der Waals surface area contributed by atoms with E-state index in [9.17, 15) is 0 Å². The van der Waals surface area contributed by atoms with Gasteiger partial charge in [-0.05, 0) is 26.0 Å². The number of nitrogens with zero attached hydrogens (tertiary/aromatic N) is 5. The van der Waals surface area contributed by atoms with Gasteiger partial charge in [-0.3, -0.25) is 4.68 Å². The summed E-state index contributed by atoms with van der Waals surface area (Å²) in [5.74, 6) is 0. The Balaban J connectivity index is 1.77. The second kappa shape index (κ2) is 8.75. The van der Waals surface area contributed by atoms with E-state index in [0.29, 0.717) is 15.3 Å². The van der Waals surface area contributed by atoms with Crippen LogP contribution in [0.15, 0.2) is 41.0 Å². The molecule has 0 fully saturated rings. The zero-order valence-corrected chi connectivity index (χ0v) is 20.2. The van der Waals surface area contributed by atoms with E-state index in [1.54, 1.807) is 23.1 Å². The highest BCUT2D eigenvalue weighted by Crippen LogP contribution is 2.41. The van der Waals surface area contributed by atoms with Crippen LogP contribution < -0.4 is 0 Å². The molecular formula is C21H21Cl2N5S2. The van der Waals surface area contributed by atoms with E-state index < -0.39 is 0 Å². The van der Waals surface area contributed by atoms with Gasteiger partial charge in [0.1, 0.15) is 0 Å². The van der Waals surface area contributed by atoms with Crippen molar-refractivity contribution in [1.82, 2.24) is 24.5 Å². The largest absolute Gasteiger partial charge is 0.272 e. The number of halogens is 2. The quantitative estimate of drug-likeness (QED) is 0.280. The van der Waals surface area contributed by atoms with Crippen LogP contribution in [0.4, 0.5) is 0 Å². The monoisotopic (exact) mass is 477 g/mol. The molecule has 4 rings (SSSR count). The van der Waals surface area contributed by atoms with Gasteiger partial charge >= 0.3 is 0 Å². The molecule has 5 nitrogen and oxygen atoms in total. The summed E-state index contributed by atoms with van der Waals surface area (Å²) < 4.78 is 4.89. The molecule has 0 aliphatic carbocycles. The third-order valence-electron chi connectivity index (χ3n) is 4.48. The van der Waals surface area contributed by atoms with Crippen molar-refractivity contribution in [1.29, 1.82) is 0 Å². The van der Waals surface area contributed by atoms with Crippen LogP contribution in [0.3, 0.4) is 0 Å². The van der Waals surface area contributed by atoms with Gasteiger partial charge in [0.05, 0.1) is 31.8 Å². The van der Waals surface area contributed by atoms with Gasteiger partial charge in [0, 0.05) is 40.9 Å². The number of aromatic nitrogens is 5. The Labute approximate surface area is 194 Å². The molecule has 3 heterocycles. The van der Waals surface area contributed by atoms with E-state index >= 15 is 0 Å². The Morgan fingerprint density at radius 3 is 2.60 bits per heavy atom. The fraction of sp³-hybridized carbons (Fsp3) is 0.286. The summed E-state index contributed by atoms with van der Waals surface area (Å²) in [5.41, 5.74) is 4.90. The van der Waals surface area contributed by atoms with Gasteiger partial charge in [-0.2, -0.15) is 10.2 Å². The van der Waals surface area contributed by atoms with E-state index in [-0.39, 0.29) is 0 Å². The number of rotatable bonds is 6. The molecule has 30 heavy (non-hydrogen) atoms. The van der Waals surface area contributed by atoms with E-state index in [2.05, 4.69) is 25.9 Å². The first-order valence-corrected chi connectivity index (χ1v) is 12.0. The zero-order valence-electron chi connectivity index (χ0n) is 17.1. The van der Waals surface area contributed by atoms with E-state index in [4.69, 9.17) is 33.3 Å². The Hall–Kier alpha value is -1.80. The van der Waals surface area contributed by atoms with Crippen molar-refractivity contribution in [2.45, 2.75) is 43.7 Å². The predicted molar refractivity (Wildman–Crippen MR) is 127 cm³/mol. The molecule has 4 aromatic rings. The number of hydrogen-bond acceptors (Lipinski definition) is 5. The Kier molecular flexibility index (Phi) is 6.25. The van der Waals surface area contributed by atoms with Gasteiger partial charge in [0.25, 0.3) is 0 Å². The molecule has 0 amide bonds. The van der Waals surface area contributed by atoms with Gasteiger partial charge in [0.2, 0.25) is 5.13 Å². The maximum absolute atomic E-state index is 6.26. The van der Waals surface area contributed by atoms with Crippen molar-refractivity contribution < 1.29 is 0 Å². The maximum Gasteiger partial charge on any atom is 0.211 e. The average molecular weight is 478 g/mol. The van der Waals surface area contributed by atoms with Crippen LogP contribution in [-0.2, 0) is 6.54 Å². The van der Waals surface area contributed by atoms with Crippen LogP contribution in [0, 0.1) is 6.92 Å². The second-order valence-electron chi connectivity index (χ2n) is 7.09. The average Bonchev–Trinajstić information content (AvgIpc) is 3.41. The minimum absolute atomic E-state index is 0.426. The molecule has 0 radical (unpaired) electrons. The molecule has 0 bridgehead atoms. The minimum atomic E-state index is 0.426. The lowest BCUT2D eigenvalue weighted by Gasteiger charge is -2.05. The summed E-state index contributed by atoms with van der Waals surface area (Å²) >= 11 is 15.8. The van der Waals surface area contributed by atoms with Crippen LogP contribution in [0.1, 0.15) is 26.5 Å². The van der Waals surface area contributed by atoms with E-state index in [1.807, 2.05) is 53.1 Å². The summed E-state index contributed by atoms with van der Waals surface area (Å²) in [6.45, 7) is 9.25. The topological polar surface area (TPSA) is 48.5 Å². The fourth-order valence-corrected chi connectivity index (χ4v) is 5.77. The molecule has 1 aromatic carbocycles. The first-order valence-electron chi connectivity index (χ1n) is 9.58. The van der Waals surface area contributed by atoms with Crippen molar-refractivity contribution in [3.63, 3.8) is 0 Å². The number of hydrogen-bond donors (Lipinski definition) is 0. The van der Waals surface area contributed by atoms with Gasteiger partial charge in [-0.1, -0.05) is 54.5 Å². The molecule has 0 aliphatic rings. The lowest BCUT2D eigenvalue weighted by Crippen LogP contribution is -1.94. The lowest BCUT2D eigenvalue weighted by atomic mass is 10.1. The van der Waals surface area contributed by atoms with Gasteiger partial charge in [0.15, 0.2) is 0 Å². The second-order valence-corrected chi connectivity index (χ2v) is 10.7. The van der Waals surface area contributed by atoms with Crippen LogP contribution >= 0.6 is 46.3 Å². The van der Waals surface area contributed by atoms with Crippen molar-refractivity contribution in [3.8, 4) is 27.5 Å².